The Bertz CT molecular complexity index is 1350. The van der Waals surface area contributed by atoms with E-state index in [-0.39, 0.29) is 24.1 Å². The quantitative estimate of drug-likeness (QED) is 0.551. The average Bonchev–Trinajstić information content (AvgIpc) is 3.05. The van der Waals surface area contributed by atoms with Crippen LogP contribution in [0.15, 0.2) is 60.8 Å². The van der Waals surface area contributed by atoms with E-state index >= 15 is 0 Å². The van der Waals surface area contributed by atoms with Crippen LogP contribution in [0.5, 0.6) is 17.2 Å². The van der Waals surface area contributed by atoms with E-state index in [1.54, 1.807) is 25.2 Å². The molecule has 2 aliphatic heterocycles. The molecule has 0 aliphatic carbocycles. The second-order valence-corrected chi connectivity index (χ2v) is 8.70. The summed E-state index contributed by atoms with van der Waals surface area (Å²) in [7, 11) is 1.60. The first-order valence-corrected chi connectivity index (χ1v) is 12.1. The zero-order chi connectivity index (χ0) is 25.6. The van der Waals surface area contributed by atoms with Crippen molar-refractivity contribution in [3.05, 3.63) is 72.2 Å². The van der Waals surface area contributed by atoms with Crippen LogP contribution in [0, 0.1) is 17.8 Å². The Morgan fingerprint density at radius 2 is 1.92 bits per heavy atom. The first kappa shape index (κ1) is 24.3. The maximum absolute atomic E-state index is 13.2. The van der Waals surface area contributed by atoms with Gasteiger partial charge in [-0.3, -0.25) is 19.5 Å². The number of hydrogen-bond donors (Lipinski definition) is 1. The number of benzene rings is 1. The van der Waals surface area contributed by atoms with Crippen molar-refractivity contribution >= 4 is 17.6 Å². The van der Waals surface area contributed by atoms with E-state index in [1.165, 1.54) is 17.2 Å². The van der Waals surface area contributed by atoms with E-state index in [2.05, 4.69) is 27.1 Å². The van der Waals surface area contributed by atoms with Gasteiger partial charge in [-0.2, -0.15) is 0 Å². The number of fused-ring (bicyclic) bond motifs is 1. The van der Waals surface area contributed by atoms with Crippen LogP contribution < -0.4 is 19.7 Å². The average molecular weight is 499 g/mol. The number of pyridine rings is 2. The van der Waals surface area contributed by atoms with E-state index in [1.807, 2.05) is 30.3 Å². The number of para-hydroxylation sites is 1. The van der Waals surface area contributed by atoms with Gasteiger partial charge in [0.05, 0.1) is 0 Å². The van der Waals surface area contributed by atoms with Crippen LogP contribution in [0.1, 0.15) is 29.0 Å². The van der Waals surface area contributed by atoms with Gasteiger partial charge in [-0.05, 0) is 49.1 Å². The fraction of sp³-hybridized carbons (Fsp3) is 0.286. The lowest BCUT2D eigenvalue weighted by molar-refractivity contribution is -0.120. The first-order valence-electron chi connectivity index (χ1n) is 12.1. The van der Waals surface area contributed by atoms with Gasteiger partial charge in [0.2, 0.25) is 0 Å². The Morgan fingerprint density at radius 1 is 1.11 bits per heavy atom. The van der Waals surface area contributed by atoms with Gasteiger partial charge in [-0.25, -0.2) is 4.98 Å². The summed E-state index contributed by atoms with van der Waals surface area (Å²) in [5.74, 6) is 7.65. The van der Waals surface area contributed by atoms with E-state index in [9.17, 15) is 9.59 Å². The van der Waals surface area contributed by atoms with Gasteiger partial charge in [-0.15, -0.1) is 0 Å². The number of rotatable bonds is 4. The molecule has 0 spiro atoms. The molecule has 1 atom stereocenters. The molecule has 37 heavy (non-hydrogen) atoms. The Labute approximate surface area is 214 Å². The number of carbonyl (C=O) groups is 2. The molecule has 2 aliphatic rings. The van der Waals surface area contributed by atoms with Gasteiger partial charge in [-0.1, -0.05) is 24.1 Å². The molecule has 0 saturated carbocycles. The molecule has 2 aromatic heterocycles. The van der Waals surface area contributed by atoms with Gasteiger partial charge in [0, 0.05) is 38.4 Å². The minimum absolute atomic E-state index is 0.0447. The van der Waals surface area contributed by atoms with Crippen molar-refractivity contribution in [1.82, 2.24) is 15.3 Å². The third-order valence-electron chi connectivity index (χ3n) is 6.07. The van der Waals surface area contributed by atoms with Crippen LogP contribution in [-0.4, -0.2) is 54.7 Å². The van der Waals surface area contributed by atoms with Crippen molar-refractivity contribution in [2.45, 2.75) is 18.9 Å². The third kappa shape index (κ3) is 5.88. The van der Waals surface area contributed by atoms with Crippen LogP contribution in [0.25, 0.3) is 0 Å². The van der Waals surface area contributed by atoms with Crippen LogP contribution >= 0.6 is 0 Å². The number of hydrogen-bond acceptors (Lipinski definition) is 7. The molecule has 0 radical (unpaired) electrons. The Morgan fingerprint density at radius 3 is 2.73 bits per heavy atom. The van der Waals surface area contributed by atoms with Crippen molar-refractivity contribution in [3.63, 3.8) is 0 Å². The predicted molar refractivity (Wildman–Crippen MR) is 136 cm³/mol. The summed E-state index contributed by atoms with van der Waals surface area (Å²) in [4.78, 5) is 36.2. The highest BCUT2D eigenvalue weighted by molar-refractivity contribution is 6.02. The molecule has 1 saturated heterocycles. The number of nitrogens with zero attached hydrogens (tertiary/aromatic N) is 3. The summed E-state index contributed by atoms with van der Waals surface area (Å²) >= 11 is 0. The van der Waals surface area contributed by atoms with Crippen molar-refractivity contribution < 1.29 is 23.8 Å². The Kier molecular flexibility index (Phi) is 7.28. The lowest BCUT2D eigenvalue weighted by Gasteiger charge is -2.19. The Hall–Kier alpha value is -4.42. The van der Waals surface area contributed by atoms with Gasteiger partial charge >= 0.3 is 0 Å². The van der Waals surface area contributed by atoms with E-state index in [0.717, 1.165) is 26.1 Å². The lowest BCUT2D eigenvalue weighted by atomic mass is 10.0. The first-order chi connectivity index (χ1) is 18.1. The maximum Gasteiger partial charge on any atom is 0.270 e. The van der Waals surface area contributed by atoms with Gasteiger partial charge < -0.3 is 19.5 Å². The molecule has 0 unspecified atom stereocenters. The van der Waals surface area contributed by atoms with E-state index < -0.39 is 11.9 Å². The van der Waals surface area contributed by atoms with Crippen LogP contribution in [0.3, 0.4) is 0 Å². The number of likely N-dealkylation sites (N-methyl/N-ethyl adjacent to an activating group) is 1. The van der Waals surface area contributed by atoms with Crippen molar-refractivity contribution in [3.8, 4) is 29.1 Å². The second kappa shape index (κ2) is 11.1. The monoisotopic (exact) mass is 498 g/mol. The molecular formula is C28H26N4O5. The number of anilines is 1. The van der Waals surface area contributed by atoms with Crippen LogP contribution in [-0.2, 0) is 9.53 Å². The SMILES string of the molecule is CN1C(=O)[C@@H](NC(=O)c2cc(Oc3ccccc3)ccn2)COc2ccc(C#CC3CCOCC3)nc21. The molecule has 1 aromatic carbocycles. The van der Waals surface area contributed by atoms with Gasteiger partial charge in [0.25, 0.3) is 11.8 Å². The number of carbonyl (C=O) groups excluding carboxylic acids is 2. The summed E-state index contributed by atoms with van der Waals surface area (Å²) in [5, 5.41) is 2.72. The number of ether oxygens (including phenoxy) is 3. The van der Waals surface area contributed by atoms with Gasteiger partial charge in [0.15, 0.2) is 11.6 Å². The summed E-state index contributed by atoms with van der Waals surface area (Å²) in [6.07, 6.45) is 3.28. The molecule has 1 fully saturated rings. The molecule has 2 amide bonds. The fourth-order valence-electron chi connectivity index (χ4n) is 4.02. The number of amides is 2. The smallest absolute Gasteiger partial charge is 0.270 e. The van der Waals surface area contributed by atoms with Crippen molar-refractivity contribution in [2.24, 2.45) is 5.92 Å². The molecule has 9 heteroatoms. The molecule has 188 valence electrons. The highest BCUT2D eigenvalue weighted by atomic mass is 16.5. The maximum atomic E-state index is 13.2. The third-order valence-corrected chi connectivity index (χ3v) is 6.07. The zero-order valence-corrected chi connectivity index (χ0v) is 20.3. The topological polar surface area (TPSA) is 103 Å². The highest BCUT2D eigenvalue weighted by Crippen LogP contribution is 2.29. The fourth-order valence-corrected chi connectivity index (χ4v) is 4.02. The largest absolute Gasteiger partial charge is 0.487 e. The second-order valence-electron chi connectivity index (χ2n) is 8.70. The Balaban J connectivity index is 1.27. The lowest BCUT2D eigenvalue weighted by Crippen LogP contribution is -2.49. The normalized spacial score (nSPS) is 17.5. The molecule has 5 rings (SSSR count). The molecule has 0 bridgehead atoms. The molecule has 9 nitrogen and oxygen atoms in total. The number of aromatic nitrogens is 2. The predicted octanol–water partition coefficient (Wildman–Crippen LogP) is 3.20. The molecular weight excluding hydrogens is 472 g/mol. The standard InChI is InChI=1S/C28H26N4O5/c1-32-26-25(10-9-20(30-26)8-7-19-12-15-35-16-13-19)36-18-24(28(32)34)31-27(33)23-17-22(11-14-29-23)37-21-5-3-2-4-6-21/h2-6,9-11,14,17,19,24H,12-13,15-16,18H2,1H3,(H,31,33)/t24-/m0/s1. The van der Waals surface area contributed by atoms with E-state index in [0.29, 0.717) is 28.8 Å². The summed E-state index contributed by atoms with van der Waals surface area (Å²) in [6.45, 7) is 1.39. The summed E-state index contributed by atoms with van der Waals surface area (Å²) in [6, 6.07) is 15.0. The minimum atomic E-state index is -0.927. The van der Waals surface area contributed by atoms with Gasteiger partial charge in [0.1, 0.15) is 35.5 Å². The van der Waals surface area contributed by atoms with E-state index in [4.69, 9.17) is 14.2 Å². The number of nitrogens with one attached hydrogen (secondary N) is 1. The van der Waals surface area contributed by atoms with Crippen molar-refractivity contribution in [2.75, 3.05) is 31.8 Å². The molecule has 3 aromatic rings. The van der Waals surface area contributed by atoms with Crippen LogP contribution in [0.4, 0.5) is 5.82 Å². The highest BCUT2D eigenvalue weighted by Gasteiger charge is 2.32. The summed E-state index contributed by atoms with van der Waals surface area (Å²) < 4.78 is 17.0. The molecule has 1 N–H and O–H groups in total. The van der Waals surface area contributed by atoms with Crippen LogP contribution in [0.2, 0.25) is 0 Å². The summed E-state index contributed by atoms with van der Waals surface area (Å²) in [5.41, 5.74) is 0.671. The molecule has 4 heterocycles. The zero-order valence-electron chi connectivity index (χ0n) is 20.3. The van der Waals surface area contributed by atoms with Crippen molar-refractivity contribution in [1.29, 1.82) is 0 Å². The minimum Gasteiger partial charge on any atom is -0.487 e.